The van der Waals surface area contributed by atoms with Gasteiger partial charge in [0.15, 0.2) is 0 Å². The number of rotatable bonds is 4. The predicted molar refractivity (Wildman–Crippen MR) is 128 cm³/mol. The maximum Gasteiger partial charge on any atom is 0.115 e. The van der Waals surface area contributed by atoms with Crippen molar-refractivity contribution in [2.45, 2.75) is 24.2 Å². The van der Waals surface area contributed by atoms with Crippen LogP contribution in [0.2, 0.25) is 0 Å². The van der Waals surface area contributed by atoms with Crippen molar-refractivity contribution in [3.8, 4) is 5.75 Å². The van der Waals surface area contributed by atoms with Gasteiger partial charge in [0.05, 0.1) is 23.5 Å². The van der Waals surface area contributed by atoms with Crippen LogP contribution in [0.25, 0.3) is 0 Å². The van der Waals surface area contributed by atoms with Crippen molar-refractivity contribution in [1.82, 2.24) is 9.21 Å². The van der Waals surface area contributed by atoms with Gasteiger partial charge in [-0.1, -0.05) is 19.9 Å². The second-order valence-electron chi connectivity index (χ2n) is 6.89. The zero-order chi connectivity index (χ0) is 21.8. The van der Waals surface area contributed by atoms with Crippen LogP contribution >= 0.6 is 23.3 Å². The molecule has 0 bridgehead atoms. The predicted octanol–water partition coefficient (Wildman–Crippen LogP) is 3.62. The smallest absolute Gasteiger partial charge is 0.115 e. The molecule has 3 heterocycles. The van der Waals surface area contributed by atoms with E-state index in [4.69, 9.17) is 9.84 Å². The number of phenolic OH excluding ortho intramolecular Hbond substituents is 1. The third-order valence-electron chi connectivity index (χ3n) is 4.71. The zero-order valence-electron chi connectivity index (χ0n) is 18.2. The van der Waals surface area contributed by atoms with Crippen LogP contribution in [-0.4, -0.2) is 85.1 Å². The monoisotopic (exact) mass is 453 g/mol. The molecule has 168 valence electrons. The summed E-state index contributed by atoms with van der Waals surface area (Å²) in [5.74, 6) is 0.329. The van der Waals surface area contributed by atoms with Gasteiger partial charge >= 0.3 is 0 Å². The first-order valence-corrected chi connectivity index (χ1v) is 12.2. The SMILES string of the molecule is CC.CN1CCOC(CO)C1.Oc1ccc(N2CCN(Sc3cccs3)CC2)cc1. The minimum atomic E-state index is 0.0451. The fourth-order valence-corrected chi connectivity index (χ4v) is 4.96. The molecular formula is C22H35N3O3S2. The van der Waals surface area contributed by atoms with E-state index in [1.807, 2.05) is 45.0 Å². The van der Waals surface area contributed by atoms with Crippen molar-refractivity contribution < 1.29 is 14.9 Å². The number of aliphatic hydroxyl groups is 1. The maximum atomic E-state index is 9.31. The molecule has 0 aliphatic carbocycles. The second-order valence-corrected chi connectivity index (χ2v) is 9.24. The van der Waals surface area contributed by atoms with Gasteiger partial charge in [-0.2, -0.15) is 0 Å². The van der Waals surface area contributed by atoms with E-state index in [0.29, 0.717) is 5.75 Å². The van der Waals surface area contributed by atoms with E-state index >= 15 is 0 Å². The van der Waals surface area contributed by atoms with Crippen LogP contribution in [0, 0.1) is 0 Å². The van der Waals surface area contributed by atoms with E-state index in [9.17, 15) is 5.11 Å². The highest BCUT2D eigenvalue weighted by molar-refractivity contribution is 7.98. The molecule has 8 heteroatoms. The number of ether oxygens (including phenoxy) is 1. The van der Waals surface area contributed by atoms with Crippen LogP contribution in [0.15, 0.2) is 46.0 Å². The third-order valence-corrected chi connectivity index (χ3v) is 6.83. The van der Waals surface area contributed by atoms with Gasteiger partial charge in [-0.05, 0) is 54.7 Å². The molecular weight excluding hydrogens is 418 g/mol. The zero-order valence-corrected chi connectivity index (χ0v) is 19.9. The first-order chi connectivity index (χ1) is 14.6. The Morgan fingerprint density at radius 3 is 2.30 bits per heavy atom. The molecule has 6 nitrogen and oxygen atoms in total. The molecule has 2 fully saturated rings. The van der Waals surface area contributed by atoms with Crippen LogP contribution in [0.3, 0.4) is 0 Å². The number of hydrogen-bond acceptors (Lipinski definition) is 8. The first-order valence-electron chi connectivity index (χ1n) is 10.6. The average Bonchev–Trinajstić information content (AvgIpc) is 3.30. The second kappa shape index (κ2) is 13.9. The molecule has 4 rings (SSSR count). The minimum Gasteiger partial charge on any atom is -0.508 e. The third kappa shape index (κ3) is 8.45. The van der Waals surface area contributed by atoms with Crippen molar-refractivity contribution >= 4 is 29.0 Å². The van der Waals surface area contributed by atoms with E-state index in [-0.39, 0.29) is 12.7 Å². The Hall–Kier alpha value is -1.29. The topological polar surface area (TPSA) is 59.4 Å². The van der Waals surface area contributed by atoms with Crippen LogP contribution in [-0.2, 0) is 4.74 Å². The van der Waals surface area contributed by atoms with Crippen molar-refractivity contribution in [2.75, 3.05) is 64.4 Å². The van der Waals surface area contributed by atoms with E-state index in [2.05, 4.69) is 31.6 Å². The Morgan fingerprint density at radius 1 is 1.07 bits per heavy atom. The number of hydrogen-bond donors (Lipinski definition) is 2. The lowest BCUT2D eigenvalue weighted by Crippen LogP contribution is -2.43. The number of piperazine rings is 1. The Kier molecular flexibility index (Phi) is 11.6. The molecule has 1 aromatic heterocycles. The molecule has 1 atom stereocenters. The standard InChI is InChI=1S/C14H16N2OS2.C6H13NO2.C2H6/c17-13-5-3-12(4-6-13)15-7-9-16(10-8-15)19-14-2-1-11-18-14;1-7-2-3-9-6(4-7)5-8;1-2/h1-6,11,17H,7-10H2;6,8H,2-5H2,1H3;1-2H3. The van der Waals surface area contributed by atoms with E-state index in [1.165, 1.54) is 9.90 Å². The molecule has 30 heavy (non-hydrogen) atoms. The largest absolute Gasteiger partial charge is 0.508 e. The fourth-order valence-electron chi connectivity index (χ4n) is 3.12. The van der Waals surface area contributed by atoms with Gasteiger partial charge in [0.1, 0.15) is 5.75 Å². The highest BCUT2D eigenvalue weighted by Crippen LogP contribution is 2.29. The lowest BCUT2D eigenvalue weighted by molar-refractivity contribution is -0.0453. The number of aromatic hydroxyl groups is 1. The number of anilines is 1. The van der Waals surface area contributed by atoms with Crippen LogP contribution < -0.4 is 4.90 Å². The molecule has 2 aliphatic rings. The van der Waals surface area contributed by atoms with Gasteiger partial charge < -0.3 is 24.7 Å². The molecule has 2 saturated heterocycles. The summed E-state index contributed by atoms with van der Waals surface area (Å²) in [7, 11) is 2.03. The lowest BCUT2D eigenvalue weighted by atomic mass is 10.2. The van der Waals surface area contributed by atoms with E-state index in [0.717, 1.165) is 45.9 Å². The van der Waals surface area contributed by atoms with Crippen molar-refractivity contribution in [3.05, 3.63) is 41.8 Å². The summed E-state index contributed by atoms with van der Waals surface area (Å²) in [6.45, 7) is 10.9. The number of benzene rings is 1. The summed E-state index contributed by atoms with van der Waals surface area (Å²) in [4.78, 5) is 4.52. The summed E-state index contributed by atoms with van der Waals surface area (Å²) in [6, 6.07) is 11.7. The Balaban J connectivity index is 0.000000245. The molecule has 0 radical (unpaired) electrons. The lowest BCUT2D eigenvalue weighted by Gasteiger charge is -2.35. The summed E-state index contributed by atoms with van der Waals surface area (Å²) in [5, 5.41) is 20.1. The van der Waals surface area contributed by atoms with Gasteiger partial charge in [0.25, 0.3) is 0 Å². The highest BCUT2D eigenvalue weighted by Gasteiger charge is 2.18. The number of likely N-dealkylation sites (N-methyl/N-ethyl adjacent to an activating group) is 1. The van der Waals surface area contributed by atoms with Crippen LogP contribution in [0.1, 0.15) is 13.8 Å². The normalized spacial score (nSPS) is 20.0. The van der Waals surface area contributed by atoms with Gasteiger partial charge in [0.2, 0.25) is 0 Å². The molecule has 2 N–H and O–H groups in total. The van der Waals surface area contributed by atoms with Gasteiger partial charge in [0, 0.05) is 45.0 Å². The quantitative estimate of drug-likeness (QED) is 0.686. The van der Waals surface area contributed by atoms with Gasteiger partial charge in [-0.3, -0.25) is 0 Å². The molecule has 2 aliphatic heterocycles. The molecule has 0 amide bonds. The first kappa shape index (κ1) is 25.0. The molecule has 0 saturated carbocycles. The van der Waals surface area contributed by atoms with Gasteiger partial charge in [-0.15, -0.1) is 11.3 Å². The maximum absolute atomic E-state index is 9.31. The number of phenols is 1. The van der Waals surface area contributed by atoms with Crippen molar-refractivity contribution in [1.29, 1.82) is 0 Å². The summed E-state index contributed by atoms with van der Waals surface area (Å²) < 4.78 is 8.98. The average molecular weight is 454 g/mol. The summed E-state index contributed by atoms with van der Waals surface area (Å²) >= 11 is 3.65. The van der Waals surface area contributed by atoms with E-state index in [1.54, 1.807) is 23.5 Å². The number of morpholine rings is 1. The molecule has 0 spiro atoms. The van der Waals surface area contributed by atoms with Crippen LogP contribution in [0.4, 0.5) is 5.69 Å². The minimum absolute atomic E-state index is 0.0451. The van der Waals surface area contributed by atoms with Gasteiger partial charge in [-0.25, -0.2) is 4.31 Å². The molecule has 1 unspecified atom stereocenters. The highest BCUT2D eigenvalue weighted by atomic mass is 32.2. The molecule has 1 aromatic carbocycles. The number of thiophene rings is 1. The summed E-state index contributed by atoms with van der Waals surface area (Å²) in [6.07, 6.45) is 0.0451. The van der Waals surface area contributed by atoms with Crippen LogP contribution in [0.5, 0.6) is 5.75 Å². The number of nitrogens with zero attached hydrogens (tertiary/aromatic N) is 3. The van der Waals surface area contributed by atoms with E-state index < -0.39 is 0 Å². The fraction of sp³-hybridized carbons (Fsp3) is 0.545. The number of aliphatic hydroxyl groups excluding tert-OH is 1. The van der Waals surface area contributed by atoms with Crippen molar-refractivity contribution in [3.63, 3.8) is 0 Å². The Labute approximate surface area is 189 Å². The Morgan fingerprint density at radius 2 is 1.77 bits per heavy atom. The summed E-state index contributed by atoms with van der Waals surface area (Å²) in [5.41, 5.74) is 1.19. The van der Waals surface area contributed by atoms with Crippen molar-refractivity contribution in [2.24, 2.45) is 0 Å². The molecule has 2 aromatic rings. The Bertz CT molecular complexity index is 677.